The number of likely N-dealkylation sites (tertiary alicyclic amines) is 1. The Morgan fingerprint density at radius 1 is 1.25 bits per heavy atom. The number of fused-ring (bicyclic) bond motifs is 1. The van der Waals surface area contributed by atoms with Crippen LogP contribution in [-0.4, -0.2) is 32.9 Å². The van der Waals surface area contributed by atoms with Crippen molar-refractivity contribution >= 4 is 27.5 Å². The number of carbonyl (C=O) groups is 1. The number of hydrogen-bond donors (Lipinski definition) is 0. The molecule has 1 aliphatic rings. The van der Waals surface area contributed by atoms with Crippen molar-refractivity contribution in [3.05, 3.63) is 51.4 Å². The van der Waals surface area contributed by atoms with Crippen LogP contribution in [0.4, 0.5) is 0 Å². The normalized spacial score (nSPS) is 17.2. The molecule has 2 aromatic heterocycles. The van der Waals surface area contributed by atoms with E-state index in [9.17, 15) is 9.59 Å². The SMILES string of the molecule is Cc1ccc(-c2csc3ncn(CC(=O)N4CCCC[C@H]4C)c(=O)c23)cc1C. The molecule has 0 aliphatic carbocycles. The molecule has 1 fully saturated rings. The number of nitrogens with zero attached hydrogens (tertiary/aromatic N) is 3. The standard InChI is InChI=1S/C22H25N3O2S/c1-14-7-8-17(10-15(14)2)18-12-28-21-20(18)22(27)24(13-23-21)11-19(26)25-9-5-4-6-16(25)3/h7-8,10,12-13,16H,4-6,9,11H2,1-3H3/t16-/m1/s1. The van der Waals surface area contributed by atoms with Gasteiger partial charge in [-0.25, -0.2) is 4.98 Å². The zero-order valence-corrected chi connectivity index (χ0v) is 17.4. The molecule has 0 saturated carbocycles. The van der Waals surface area contributed by atoms with Gasteiger partial charge in [-0.05, 0) is 56.7 Å². The molecule has 0 spiro atoms. The van der Waals surface area contributed by atoms with Gasteiger partial charge in [0.15, 0.2) is 0 Å². The second-order valence-electron chi connectivity index (χ2n) is 7.74. The van der Waals surface area contributed by atoms with Crippen LogP contribution in [-0.2, 0) is 11.3 Å². The summed E-state index contributed by atoms with van der Waals surface area (Å²) in [6, 6.07) is 6.46. The van der Waals surface area contributed by atoms with Crippen LogP contribution in [0.15, 0.2) is 34.7 Å². The number of benzene rings is 1. The summed E-state index contributed by atoms with van der Waals surface area (Å²) < 4.78 is 1.46. The van der Waals surface area contributed by atoms with Crippen LogP contribution >= 0.6 is 11.3 Å². The summed E-state index contributed by atoms with van der Waals surface area (Å²) in [5.41, 5.74) is 4.18. The van der Waals surface area contributed by atoms with Gasteiger partial charge in [0.2, 0.25) is 5.91 Å². The summed E-state index contributed by atoms with van der Waals surface area (Å²) in [5, 5.41) is 2.59. The summed E-state index contributed by atoms with van der Waals surface area (Å²) in [4.78, 5) is 33.0. The predicted molar refractivity (Wildman–Crippen MR) is 114 cm³/mol. The topological polar surface area (TPSA) is 55.2 Å². The van der Waals surface area contributed by atoms with Crippen molar-refractivity contribution < 1.29 is 4.79 Å². The average Bonchev–Trinajstić information content (AvgIpc) is 3.11. The molecule has 6 heteroatoms. The number of carbonyl (C=O) groups excluding carboxylic acids is 1. The van der Waals surface area contributed by atoms with Crippen molar-refractivity contribution in [2.24, 2.45) is 0 Å². The van der Waals surface area contributed by atoms with Gasteiger partial charge >= 0.3 is 0 Å². The Labute approximate surface area is 168 Å². The quantitative estimate of drug-likeness (QED) is 0.670. The van der Waals surface area contributed by atoms with Crippen LogP contribution in [0.5, 0.6) is 0 Å². The minimum absolute atomic E-state index is 0.00147. The maximum absolute atomic E-state index is 13.2. The van der Waals surface area contributed by atoms with Crippen molar-refractivity contribution in [1.82, 2.24) is 14.5 Å². The van der Waals surface area contributed by atoms with E-state index in [-0.39, 0.29) is 24.1 Å². The molecular formula is C22H25N3O2S. The van der Waals surface area contributed by atoms with E-state index in [1.165, 1.54) is 33.4 Å². The van der Waals surface area contributed by atoms with E-state index >= 15 is 0 Å². The Balaban J connectivity index is 1.71. The molecule has 1 saturated heterocycles. The highest BCUT2D eigenvalue weighted by Crippen LogP contribution is 2.31. The van der Waals surface area contributed by atoms with Gasteiger partial charge in [0.25, 0.3) is 5.56 Å². The van der Waals surface area contributed by atoms with E-state index in [0.717, 1.165) is 36.9 Å². The Bertz CT molecular complexity index is 1100. The van der Waals surface area contributed by atoms with E-state index in [1.807, 2.05) is 16.3 Å². The van der Waals surface area contributed by atoms with Gasteiger partial charge in [-0.15, -0.1) is 11.3 Å². The number of amides is 1. The third-order valence-electron chi connectivity index (χ3n) is 5.81. The summed E-state index contributed by atoms with van der Waals surface area (Å²) in [5.74, 6) is -0.00147. The van der Waals surface area contributed by atoms with Crippen LogP contribution in [0.1, 0.15) is 37.3 Å². The first-order valence-corrected chi connectivity index (χ1v) is 10.7. The molecule has 1 amide bonds. The number of aromatic nitrogens is 2. The lowest BCUT2D eigenvalue weighted by Gasteiger charge is -2.33. The number of hydrogen-bond acceptors (Lipinski definition) is 4. The molecule has 146 valence electrons. The van der Waals surface area contributed by atoms with Crippen LogP contribution in [0.2, 0.25) is 0 Å². The Morgan fingerprint density at radius 3 is 2.82 bits per heavy atom. The summed E-state index contributed by atoms with van der Waals surface area (Å²) in [6.07, 6.45) is 4.73. The van der Waals surface area contributed by atoms with Gasteiger partial charge in [0, 0.05) is 23.5 Å². The fourth-order valence-corrected chi connectivity index (χ4v) is 4.81. The fourth-order valence-electron chi connectivity index (χ4n) is 3.91. The molecule has 0 bridgehead atoms. The summed E-state index contributed by atoms with van der Waals surface area (Å²) >= 11 is 1.47. The molecule has 0 N–H and O–H groups in total. The van der Waals surface area contributed by atoms with Crippen molar-refractivity contribution in [1.29, 1.82) is 0 Å². The van der Waals surface area contributed by atoms with E-state index in [2.05, 4.69) is 37.9 Å². The van der Waals surface area contributed by atoms with Gasteiger partial charge in [-0.1, -0.05) is 18.2 Å². The van der Waals surface area contributed by atoms with Crippen molar-refractivity contribution in [2.75, 3.05) is 6.54 Å². The Kier molecular flexibility index (Phi) is 5.06. The maximum Gasteiger partial charge on any atom is 0.263 e. The highest BCUT2D eigenvalue weighted by molar-refractivity contribution is 7.17. The van der Waals surface area contributed by atoms with Crippen LogP contribution in [0, 0.1) is 13.8 Å². The maximum atomic E-state index is 13.2. The minimum atomic E-state index is -0.141. The third-order valence-corrected chi connectivity index (χ3v) is 6.69. The third kappa shape index (κ3) is 3.37. The number of rotatable bonds is 3. The van der Waals surface area contributed by atoms with Gasteiger partial charge in [0.05, 0.1) is 11.7 Å². The fraction of sp³-hybridized carbons (Fsp3) is 0.409. The van der Waals surface area contributed by atoms with E-state index in [1.54, 1.807) is 0 Å². The molecule has 5 nitrogen and oxygen atoms in total. The zero-order chi connectivity index (χ0) is 19.8. The summed E-state index contributed by atoms with van der Waals surface area (Å²) in [6.45, 7) is 7.05. The van der Waals surface area contributed by atoms with Crippen molar-refractivity contribution in [3.8, 4) is 11.1 Å². The molecule has 28 heavy (non-hydrogen) atoms. The smallest absolute Gasteiger partial charge is 0.263 e. The summed E-state index contributed by atoms with van der Waals surface area (Å²) in [7, 11) is 0. The predicted octanol–water partition coefficient (Wildman–Crippen LogP) is 4.14. The molecule has 1 atom stereocenters. The number of aryl methyl sites for hydroxylation is 2. The van der Waals surface area contributed by atoms with E-state index in [4.69, 9.17) is 0 Å². The van der Waals surface area contributed by atoms with Gasteiger partial charge in [-0.2, -0.15) is 0 Å². The second kappa shape index (κ2) is 7.51. The lowest BCUT2D eigenvalue weighted by molar-refractivity contribution is -0.135. The lowest BCUT2D eigenvalue weighted by Crippen LogP contribution is -2.44. The molecule has 3 heterocycles. The molecule has 0 unspecified atom stereocenters. The molecule has 1 aliphatic heterocycles. The van der Waals surface area contributed by atoms with Crippen LogP contribution < -0.4 is 5.56 Å². The first kappa shape index (κ1) is 18.9. The van der Waals surface area contributed by atoms with E-state index in [0.29, 0.717) is 10.2 Å². The Morgan fingerprint density at radius 2 is 2.07 bits per heavy atom. The number of thiophene rings is 1. The molecule has 4 rings (SSSR count). The van der Waals surface area contributed by atoms with Crippen LogP contribution in [0.3, 0.4) is 0 Å². The van der Waals surface area contributed by atoms with Crippen molar-refractivity contribution in [3.63, 3.8) is 0 Å². The van der Waals surface area contributed by atoms with E-state index < -0.39 is 0 Å². The lowest BCUT2D eigenvalue weighted by atomic mass is 10.0. The number of piperidine rings is 1. The molecule has 0 radical (unpaired) electrons. The first-order chi connectivity index (χ1) is 13.5. The molecular weight excluding hydrogens is 370 g/mol. The zero-order valence-electron chi connectivity index (χ0n) is 16.6. The van der Waals surface area contributed by atoms with Crippen molar-refractivity contribution in [2.45, 2.75) is 52.6 Å². The monoisotopic (exact) mass is 395 g/mol. The molecule has 3 aromatic rings. The largest absolute Gasteiger partial charge is 0.338 e. The van der Waals surface area contributed by atoms with Gasteiger partial charge < -0.3 is 4.90 Å². The highest BCUT2D eigenvalue weighted by Gasteiger charge is 2.24. The van der Waals surface area contributed by atoms with Crippen LogP contribution in [0.25, 0.3) is 21.3 Å². The average molecular weight is 396 g/mol. The molecule has 1 aromatic carbocycles. The first-order valence-electron chi connectivity index (χ1n) is 9.79. The second-order valence-corrected chi connectivity index (χ2v) is 8.60. The highest BCUT2D eigenvalue weighted by atomic mass is 32.1. The minimum Gasteiger partial charge on any atom is -0.338 e. The van der Waals surface area contributed by atoms with Gasteiger partial charge in [-0.3, -0.25) is 14.2 Å². The Hall–Kier alpha value is -2.47. The van der Waals surface area contributed by atoms with Gasteiger partial charge in [0.1, 0.15) is 11.4 Å².